The van der Waals surface area contributed by atoms with E-state index in [1.807, 2.05) is 91.1 Å². The molecule has 0 unspecified atom stereocenters. The molecular formula is C32H29N3O4. The van der Waals surface area contributed by atoms with Gasteiger partial charge in [-0.2, -0.15) is 0 Å². The summed E-state index contributed by atoms with van der Waals surface area (Å²) in [6, 6.07) is 33.7. The minimum atomic E-state index is -0.283. The highest BCUT2D eigenvalue weighted by Gasteiger charge is 2.10. The third kappa shape index (κ3) is 6.70. The highest BCUT2D eigenvalue weighted by Crippen LogP contribution is 2.22. The Bertz CT molecular complexity index is 1550. The lowest BCUT2D eigenvalue weighted by atomic mass is 10.1. The Morgan fingerprint density at radius 2 is 1.56 bits per heavy atom. The molecule has 5 rings (SSSR count). The van der Waals surface area contributed by atoms with E-state index in [0.29, 0.717) is 25.3 Å². The second-order valence-electron chi connectivity index (χ2n) is 8.92. The number of pyridine rings is 1. The molecule has 0 saturated carbocycles. The number of esters is 1. The third-order valence-corrected chi connectivity index (χ3v) is 6.23. The van der Waals surface area contributed by atoms with Crippen molar-refractivity contribution in [2.24, 2.45) is 5.16 Å². The SMILES string of the molecule is COC(=O)CC/C(=N/OCc1ccc(OCc2cn3c(-c4ccccc4)cccc3n2)cc1)c1ccccc1. The van der Waals surface area contributed by atoms with Crippen LogP contribution in [-0.2, 0) is 27.6 Å². The monoisotopic (exact) mass is 519 g/mol. The van der Waals surface area contributed by atoms with Gasteiger partial charge in [0.05, 0.1) is 30.6 Å². The van der Waals surface area contributed by atoms with Crippen LogP contribution in [0.1, 0.15) is 29.7 Å². The number of carbonyl (C=O) groups is 1. The zero-order valence-corrected chi connectivity index (χ0v) is 21.7. The first-order chi connectivity index (χ1) is 19.2. The van der Waals surface area contributed by atoms with Gasteiger partial charge < -0.3 is 14.3 Å². The fourth-order valence-electron chi connectivity index (χ4n) is 4.19. The van der Waals surface area contributed by atoms with E-state index in [9.17, 15) is 4.79 Å². The molecule has 0 bridgehead atoms. The minimum absolute atomic E-state index is 0.236. The van der Waals surface area contributed by atoms with Crippen molar-refractivity contribution in [2.75, 3.05) is 7.11 Å². The number of benzene rings is 3. The fraction of sp³-hybridized carbons (Fsp3) is 0.156. The van der Waals surface area contributed by atoms with E-state index in [4.69, 9.17) is 19.3 Å². The molecule has 7 nitrogen and oxygen atoms in total. The number of fused-ring (bicyclic) bond motifs is 1. The highest BCUT2D eigenvalue weighted by atomic mass is 16.6. The van der Waals surface area contributed by atoms with E-state index >= 15 is 0 Å². The Morgan fingerprint density at radius 1 is 0.821 bits per heavy atom. The molecule has 0 saturated heterocycles. The number of nitrogens with zero attached hydrogens (tertiary/aromatic N) is 3. The van der Waals surface area contributed by atoms with Crippen LogP contribution in [0, 0.1) is 0 Å². The molecule has 7 heteroatoms. The summed E-state index contributed by atoms with van der Waals surface area (Å²) in [7, 11) is 1.38. The van der Waals surface area contributed by atoms with Gasteiger partial charge in [0.2, 0.25) is 0 Å². The molecule has 0 aliphatic rings. The molecule has 196 valence electrons. The Hall–Kier alpha value is -4.91. The predicted molar refractivity (Wildman–Crippen MR) is 150 cm³/mol. The normalized spacial score (nSPS) is 11.4. The summed E-state index contributed by atoms with van der Waals surface area (Å²) >= 11 is 0. The number of imidazole rings is 1. The summed E-state index contributed by atoms with van der Waals surface area (Å²) in [5, 5.41) is 4.31. The predicted octanol–water partition coefficient (Wildman–Crippen LogP) is 6.45. The van der Waals surface area contributed by atoms with E-state index in [2.05, 4.69) is 27.8 Å². The van der Waals surface area contributed by atoms with E-state index in [1.54, 1.807) is 0 Å². The van der Waals surface area contributed by atoms with Crippen molar-refractivity contribution in [1.82, 2.24) is 9.38 Å². The quantitative estimate of drug-likeness (QED) is 0.114. The molecule has 0 aliphatic heterocycles. The molecule has 39 heavy (non-hydrogen) atoms. The van der Waals surface area contributed by atoms with Gasteiger partial charge in [0, 0.05) is 12.6 Å². The molecule has 0 fully saturated rings. The zero-order valence-electron chi connectivity index (χ0n) is 21.7. The average Bonchev–Trinajstić information content (AvgIpc) is 3.42. The van der Waals surface area contributed by atoms with Crippen molar-refractivity contribution in [3.05, 3.63) is 126 Å². The van der Waals surface area contributed by atoms with Crippen molar-refractivity contribution in [2.45, 2.75) is 26.1 Å². The molecule has 2 heterocycles. The van der Waals surface area contributed by atoms with Gasteiger partial charge in [-0.25, -0.2) is 4.98 Å². The number of methoxy groups -OCH3 is 1. The van der Waals surface area contributed by atoms with Crippen LogP contribution >= 0.6 is 0 Å². The van der Waals surface area contributed by atoms with Crippen LogP contribution in [0.3, 0.4) is 0 Å². The van der Waals surface area contributed by atoms with Gasteiger partial charge in [-0.1, -0.05) is 84.0 Å². The lowest BCUT2D eigenvalue weighted by Gasteiger charge is -2.08. The van der Waals surface area contributed by atoms with Crippen LogP contribution in [0.25, 0.3) is 16.9 Å². The third-order valence-electron chi connectivity index (χ3n) is 6.23. The van der Waals surface area contributed by atoms with Gasteiger partial charge in [-0.15, -0.1) is 0 Å². The summed E-state index contributed by atoms with van der Waals surface area (Å²) in [5.74, 6) is 0.458. The first kappa shape index (κ1) is 25.7. The standard InChI is InChI=1S/C32H29N3O4/c1-37-32(36)20-19-29(25-9-4-2-5-10-25)34-39-22-24-15-17-28(18-16-24)38-23-27-21-35-30(13-8-14-31(35)33-27)26-11-6-3-7-12-26/h2-18,21H,19-20,22-23H2,1H3/b34-29-. The summed E-state index contributed by atoms with van der Waals surface area (Å²) in [6.45, 7) is 0.653. The maximum atomic E-state index is 11.6. The minimum Gasteiger partial charge on any atom is -0.487 e. The maximum absolute atomic E-state index is 11.6. The molecule has 5 aromatic rings. The van der Waals surface area contributed by atoms with Crippen LogP contribution in [0.15, 0.2) is 114 Å². The Balaban J connectivity index is 1.19. The first-order valence-electron chi connectivity index (χ1n) is 12.7. The first-order valence-corrected chi connectivity index (χ1v) is 12.7. The summed E-state index contributed by atoms with van der Waals surface area (Å²) in [6.07, 6.45) is 2.68. The zero-order chi connectivity index (χ0) is 26.9. The maximum Gasteiger partial charge on any atom is 0.305 e. The molecular weight excluding hydrogens is 490 g/mol. The van der Waals surface area contributed by atoms with Crippen LogP contribution in [-0.4, -0.2) is 28.2 Å². The number of ether oxygens (including phenoxy) is 2. The summed E-state index contributed by atoms with van der Waals surface area (Å²) in [5.41, 5.74) is 6.50. The highest BCUT2D eigenvalue weighted by molar-refractivity contribution is 6.01. The molecule has 0 aliphatic carbocycles. The van der Waals surface area contributed by atoms with E-state index in [-0.39, 0.29) is 12.4 Å². The van der Waals surface area contributed by atoms with Crippen molar-refractivity contribution in [3.8, 4) is 17.0 Å². The van der Waals surface area contributed by atoms with Crippen molar-refractivity contribution < 1.29 is 19.1 Å². The number of hydrogen-bond acceptors (Lipinski definition) is 6. The van der Waals surface area contributed by atoms with Gasteiger partial charge in [0.15, 0.2) is 0 Å². The molecule has 2 aromatic heterocycles. The van der Waals surface area contributed by atoms with Crippen molar-refractivity contribution in [1.29, 1.82) is 0 Å². The van der Waals surface area contributed by atoms with Crippen LogP contribution in [0.2, 0.25) is 0 Å². The number of rotatable bonds is 11. The Labute approximate surface area is 227 Å². The smallest absolute Gasteiger partial charge is 0.305 e. The average molecular weight is 520 g/mol. The van der Waals surface area contributed by atoms with E-state index in [0.717, 1.165) is 39.5 Å². The van der Waals surface area contributed by atoms with Crippen LogP contribution in [0.4, 0.5) is 0 Å². The van der Waals surface area contributed by atoms with E-state index < -0.39 is 0 Å². The number of hydrogen-bond donors (Lipinski definition) is 0. The molecule has 0 spiro atoms. The Morgan fingerprint density at radius 3 is 2.31 bits per heavy atom. The van der Waals surface area contributed by atoms with Gasteiger partial charge in [-0.3, -0.25) is 9.20 Å². The van der Waals surface area contributed by atoms with Gasteiger partial charge in [-0.05, 0) is 41.0 Å². The molecule has 3 aromatic carbocycles. The van der Waals surface area contributed by atoms with Crippen molar-refractivity contribution >= 4 is 17.3 Å². The molecule has 0 N–H and O–H groups in total. The second kappa shape index (κ2) is 12.6. The lowest BCUT2D eigenvalue weighted by Crippen LogP contribution is -2.08. The van der Waals surface area contributed by atoms with Gasteiger partial charge >= 0.3 is 5.97 Å². The summed E-state index contributed by atoms with van der Waals surface area (Å²) < 4.78 is 12.8. The largest absolute Gasteiger partial charge is 0.487 e. The number of aromatic nitrogens is 2. The number of carbonyl (C=O) groups excluding carboxylic acids is 1. The van der Waals surface area contributed by atoms with Crippen LogP contribution < -0.4 is 4.74 Å². The Kier molecular flexibility index (Phi) is 8.28. The van der Waals surface area contributed by atoms with E-state index in [1.165, 1.54) is 7.11 Å². The van der Waals surface area contributed by atoms with Gasteiger partial charge in [0.1, 0.15) is 24.6 Å². The molecule has 0 radical (unpaired) electrons. The number of oxime groups is 1. The van der Waals surface area contributed by atoms with Crippen molar-refractivity contribution in [3.63, 3.8) is 0 Å². The fourth-order valence-corrected chi connectivity index (χ4v) is 4.19. The lowest BCUT2D eigenvalue weighted by molar-refractivity contribution is -0.140. The summed E-state index contributed by atoms with van der Waals surface area (Å²) in [4.78, 5) is 22.0. The topological polar surface area (TPSA) is 74.4 Å². The van der Waals surface area contributed by atoms with Gasteiger partial charge in [0.25, 0.3) is 0 Å². The molecule has 0 atom stereocenters. The second-order valence-corrected chi connectivity index (χ2v) is 8.92. The molecule has 0 amide bonds. The van der Waals surface area contributed by atoms with Crippen LogP contribution in [0.5, 0.6) is 5.75 Å².